The van der Waals surface area contributed by atoms with Crippen LogP contribution in [-0.4, -0.2) is 34.7 Å². The summed E-state index contributed by atoms with van der Waals surface area (Å²) in [6, 6.07) is 4.84. The van der Waals surface area contributed by atoms with Crippen LogP contribution < -0.4 is 10.1 Å². The molecule has 0 saturated heterocycles. The lowest BCUT2D eigenvalue weighted by Gasteiger charge is -2.18. The van der Waals surface area contributed by atoms with Gasteiger partial charge in [-0.1, -0.05) is 22.8 Å². The number of benzene rings is 1. The van der Waals surface area contributed by atoms with Crippen molar-refractivity contribution in [3.63, 3.8) is 0 Å². The molecule has 0 aliphatic heterocycles. The molecule has 8 heteroatoms. The molecular weight excluding hydrogens is 308 g/mol. The van der Waals surface area contributed by atoms with Crippen LogP contribution in [0.2, 0.25) is 5.02 Å². The van der Waals surface area contributed by atoms with E-state index in [0.717, 1.165) is 0 Å². The van der Waals surface area contributed by atoms with E-state index in [1.54, 1.807) is 32.2 Å². The molecule has 0 saturated carbocycles. The van der Waals surface area contributed by atoms with Crippen molar-refractivity contribution in [1.82, 2.24) is 15.0 Å². The van der Waals surface area contributed by atoms with Gasteiger partial charge in [-0.3, -0.25) is 0 Å². The van der Waals surface area contributed by atoms with E-state index < -0.39 is 0 Å². The normalized spacial score (nSPS) is 10.4. The van der Waals surface area contributed by atoms with Gasteiger partial charge in [-0.2, -0.15) is 4.98 Å². The van der Waals surface area contributed by atoms with Gasteiger partial charge < -0.3 is 19.5 Å². The van der Waals surface area contributed by atoms with Crippen molar-refractivity contribution in [3.05, 3.63) is 34.9 Å². The monoisotopic (exact) mass is 324 g/mol. The fourth-order valence-electron chi connectivity index (χ4n) is 1.80. The summed E-state index contributed by atoms with van der Waals surface area (Å²) < 4.78 is 10.3. The van der Waals surface area contributed by atoms with Crippen LogP contribution in [-0.2, 0) is 6.54 Å². The Morgan fingerprint density at radius 2 is 2.27 bits per heavy atom. The lowest BCUT2D eigenvalue weighted by molar-refractivity contribution is 0.218. The molecule has 2 amide bonds. The number of halogens is 1. The summed E-state index contributed by atoms with van der Waals surface area (Å²) in [5.74, 6) is 1.34. The summed E-state index contributed by atoms with van der Waals surface area (Å²) in [4.78, 5) is 17.7. The van der Waals surface area contributed by atoms with E-state index in [1.807, 2.05) is 6.92 Å². The summed E-state index contributed by atoms with van der Waals surface area (Å²) in [5, 5.41) is 6.95. The Morgan fingerprint density at radius 1 is 1.50 bits per heavy atom. The number of amides is 2. The van der Waals surface area contributed by atoms with Crippen molar-refractivity contribution in [2.75, 3.05) is 19.0 Å². The maximum Gasteiger partial charge on any atom is 0.322 e. The zero-order valence-corrected chi connectivity index (χ0v) is 13.3. The van der Waals surface area contributed by atoms with Crippen LogP contribution >= 0.6 is 11.6 Å². The van der Waals surface area contributed by atoms with Crippen molar-refractivity contribution >= 4 is 23.3 Å². The minimum atomic E-state index is -0.328. The molecular formula is C14H17ClN4O3. The van der Waals surface area contributed by atoms with E-state index in [9.17, 15) is 4.79 Å². The average molecular weight is 325 g/mol. The van der Waals surface area contributed by atoms with E-state index in [0.29, 0.717) is 34.8 Å². The van der Waals surface area contributed by atoms with Gasteiger partial charge in [0.2, 0.25) is 5.89 Å². The standard InChI is InChI=1S/C14H17ClN4O3/c1-4-21-13-10(15)6-5-7-11(13)17-14(20)19(3)8-12-16-9(2)22-18-12/h5-7H,4,8H2,1-3H3,(H,17,20). The maximum absolute atomic E-state index is 12.2. The van der Waals surface area contributed by atoms with Gasteiger partial charge in [0.05, 0.1) is 23.9 Å². The summed E-state index contributed by atoms with van der Waals surface area (Å²) in [6.45, 7) is 4.22. The first kappa shape index (κ1) is 16.1. The Kier molecular flexibility index (Phi) is 5.21. The van der Waals surface area contributed by atoms with Gasteiger partial charge in [0.15, 0.2) is 11.6 Å². The Labute approximate surface area is 133 Å². The van der Waals surface area contributed by atoms with Crippen LogP contribution in [0.15, 0.2) is 22.7 Å². The fourth-order valence-corrected chi connectivity index (χ4v) is 2.03. The molecule has 1 aromatic heterocycles. The third-order valence-corrected chi connectivity index (χ3v) is 3.09. The number of carbonyl (C=O) groups excluding carboxylic acids is 1. The molecule has 2 rings (SSSR count). The van der Waals surface area contributed by atoms with E-state index >= 15 is 0 Å². The molecule has 0 aliphatic carbocycles. The SMILES string of the molecule is CCOc1c(Cl)cccc1NC(=O)N(C)Cc1noc(C)n1. The second-order valence-corrected chi connectivity index (χ2v) is 4.97. The van der Waals surface area contributed by atoms with Crippen molar-refractivity contribution in [2.24, 2.45) is 0 Å². The van der Waals surface area contributed by atoms with Gasteiger partial charge in [-0.05, 0) is 19.1 Å². The van der Waals surface area contributed by atoms with E-state index in [-0.39, 0.29) is 12.6 Å². The van der Waals surface area contributed by atoms with Crippen LogP contribution in [0, 0.1) is 6.92 Å². The topological polar surface area (TPSA) is 80.5 Å². The molecule has 0 spiro atoms. The van der Waals surface area contributed by atoms with Gasteiger partial charge in [0.1, 0.15) is 0 Å². The van der Waals surface area contributed by atoms with Crippen molar-refractivity contribution in [2.45, 2.75) is 20.4 Å². The van der Waals surface area contributed by atoms with Crippen molar-refractivity contribution in [3.8, 4) is 5.75 Å². The third kappa shape index (κ3) is 3.88. The zero-order chi connectivity index (χ0) is 16.1. The molecule has 7 nitrogen and oxygen atoms in total. The molecule has 0 radical (unpaired) electrons. The summed E-state index contributed by atoms with van der Waals surface area (Å²) in [6.07, 6.45) is 0. The minimum Gasteiger partial charge on any atom is -0.490 e. The van der Waals surface area contributed by atoms with E-state index in [1.165, 1.54) is 4.90 Å². The predicted octanol–water partition coefficient (Wildman–Crippen LogP) is 3.09. The number of nitrogens with zero attached hydrogens (tertiary/aromatic N) is 3. The van der Waals surface area contributed by atoms with Gasteiger partial charge in [0.25, 0.3) is 0 Å². The summed E-state index contributed by atoms with van der Waals surface area (Å²) in [5.41, 5.74) is 0.510. The first-order valence-corrected chi connectivity index (χ1v) is 7.11. The van der Waals surface area contributed by atoms with E-state index in [4.69, 9.17) is 20.9 Å². The number of nitrogens with one attached hydrogen (secondary N) is 1. The maximum atomic E-state index is 12.2. The number of rotatable bonds is 5. The Hall–Kier alpha value is -2.28. The highest BCUT2D eigenvalue weighted by atomic mass is 35.5. The van der Waals surface area contributed by atoms with Crippen LogP contribution in [0.5, 0.6) is 5.75 Å². The molecule has 0 fully saturated rings. The second kappa shape index (κ2) is 7.13. The highest BCUT2D eigenvalue weighted by Crippen LogP contribution is 2.33. The highest BCUT2D eigenvalue weighted by Gasteiger charge is 2.16. The number of aryl methyl sites for hydroxylation is 1. The molecule has 0 atom stereocenters. The first-order valence-electron chi connectivity index (χ1n) is 6.74. The van der Waals surface area contributed by atoms with Crippen molar-refractivity contribution in [1.29, 1.82) is 0 Å². The first-order chi connectivity index (χ1) is 10.5. The lowest BCUT2D eigenvalue weighted by atomic mass is 10.3. The van der Waals surface area contributed by atoms with Gasteiger partial charge >= 0.3 is 6.03 Å². The van der Waals surface area contributed by atoms with Crippen LogP contribution in [0.4, 0.5) is 10.5 Å². The van der Waals surface area contributed by atoms with Gasteiger partial charge in [0, 0.05) is 14.0 Å². The van der Waals surface area contributed by atoms with Gasteiger partial charge in [-0.25, -0.2) is 4.79 Å². The molecule has 1 aromatic carbocycles. The van der Waals surface area contributed by atoms with Crippen molar-refractivity contribution < 1.29 is 14.1 Å². The minimum absolute atomic E-state index is 0.230. The summed E-state index contributed by atoms with van der Waals surface area (Å²) >= 11 is 6.08. The highest BCUT2D eigenvalue weighted by molar-refractivity contribution is 6.32. The molecule has 118 valence electrons. The molecule has 0 aliphatic rings. The predicted molar refractivity (Wildman–Crippen MR) is 82.1 cm³/mol. The Morgan fingerprint density at radius 3 is 2.91 bits per heavy atom. The average Bonchev–Trinajstić information content (AvgIpc) is 2.88. The molecule has 1 heterocycles. The van der Waals surface area contributed by atoms with Gasteiger partial charge in [-0.15, -0.1) is 0 Å². The number of para-hydroxylation sites is 1. The lowest BCUT2D eigenvalue weighted by Crippen LogP contribution is -2.31. The van der Waals surface area contributed by atoms with Crippen LogP contribution in [0.3, 0.4) is 0 Å². The van der Waals surface area contributed by atoms with Crippen LogP contribution in [0.25, 0.3) is 0 Å². The molecule has 2 aromatic rings. The smallest absolute Gasteiger partial charge is 0.322 e. The zero-order valence-electron chi connectivity index (χ0n) is 12.6. The number of hydrogen-bond donors (Lipinski definition) is 1. The Bertz CT molecular complexity index is 659. The second-order valence-electron chi connectivity index (χ2n) is 4.57. The molecule has 22 heavy (non-hydrogen) atoms. The number of carbonyl (C=O) groups is 1. The molecule has 0 unspecified atom stereocenters. The molecule has 1 N–H and O–H groups in total. The number of anilines is 1. The summed E-state index contributed by atoms with van der Waals surface area (Å²) in [7, 11) is 1.63. The Balaban J connectivity index is 2.06. The number of urea groups is 1. The number of aromatic nitrogens is 2. The quantitative estimate of drug-likeness (QED) is 0.914. The van der Waals surface area contributed by atoms with E-state index in [2.05, 4.69) is 15.5 Å². The molecule has 0 bridgehead atoms. The number of ether oxygens (including phenoxy) is 1. The third-order valence-electron chi connectivity index (χ3n) is 2.79. The number of hydrogen-bond acceptors (Lipinski definition) is 5. The fraction of sp³-hybridized carbons (Fsp3) is 0.357. The van der Waals surface area contributed by atoms with Crippen LogP contribution in [0.1, 0.15) is 18.6 Å². The largest absolute Gasteiger partial charge is 0.490 e.